The number of H-pyrrole nitrogens is 1. The fourth-order valence-electron chi connectivity index (χ4n) is 2.59. The summed E-state index contributed by atoms with van der Waals surface area (Å²) >= 11 is 5.96. The number of aromatic nitrogens is 1. The Hall–Kier alpha value is -2.06. The van der Waals surface area contributed by atoms with E-state index >= 15 is 0 Å². The van der Waals surface area contributed by atoms with Crippen LogP contribution in [-0.4, -0.2) is 10.8 Å². The monoisotopic (exact) mass is 283 g/mol. The van der Waals surface area contributed by atoms with Crippen molar-refractivity contribution in [3.63, 3.8) is 0 Å². The van der Waals surface area contributed by atoms with Gasteiger partial charge in [-0.1, -0.05) is 29.8 Å². The minimum atomic E-state index is 0.0362. The van der Waals surface area contributed by atoms with Crippen LogP contribution in [0.1, 0.15) is 27.2 Å². The quantitative estimate of drug-likeness (QED) is 0.681. The molecule has 3 rings (SSSR count). The highest BCUT2D eigenvalue weighted by atomic mass is 35.5. The molecule has 3 heteroatoms. The van der Waals surface area contributed by atoms with Crippen molar-refractivity contribution in [1.29, 1.82) is 0 Å². The molecule has 0 spiro atoms. The first kappa shape index (κ1) is 12.9. The Balaban J connectivity index is 2.20. The van der Waals surface area contributed by atoms with E-state index < -0.39 is 0 Å². The summed E-state index contributed by atoms with van der Waals surface area (Å²) in [6.07, 6.45) is 0. The number of carbonyl (C=O) groups is 1. The number of carbonyl (C=O) groups excluding carboxylic acids is 1. The van der Waals surface area contributed by atoms with Gasteiger partial charge in [-0.05, 0) is 43.7 Å². The predicted molar refractivity (Wildman–Crippen MR) is 82.7 cm³/mol. The molecule has 0 atom stereocenters. The van der Waals surface area contributed by atoms with Crippen molar-refractivity contribution in [3.8, 4) is 0 Å². The Bertz CT molecular complexity index is 817. The predicted octanol–water partition coefficient (Wildman–Crippen LogP) is 4.67. The minimum absolute atomic E-state index is 0.0362. The lowest BCUT2D eigenvalue weighted by atomic mass is 9.97. The zero-order valence-electron chi connectivity index (χ0n) is 11.3. The molecule has 1 N–H and O–H groups in total. The van der Waals surface area contributed by atoms with Gasteiger partial charge >= 0.3 is 0 Å². The molecular weight excluding hydrogens is 270 g/mol. The molecule has 0 radical (unpaired) electrons. The molecule has 0 bridgehead atoms. The SMILES string of the molecule is Cc1cc(Cl)ccc1C(=O)c1c(C)[nH]c2ccccc12. The topological polar surface area (TPSA) is 32.9 Å². The maximum Gasteiger partial charge on any atom is 0.195 e. The number of para-hydroxylation sites is 1. The first-order valence-electron chi connectivity index (χ1n) is 6.46. The second kappa shape index (κ2) is 4.80. The van der Waals surface area contributed by atoms with E-state index in [9.17, 15) is 4.79 Å². The molecule has 3 aromatic rings. The van der Waals surface area contributed by atoms with Gasteiger partial charge in [0.1, 0.15) is 0 Å². The lowest BCUT2D eigenvalue weighted by Crippen LogP contribution is -2.04. The van der Waals surface area contributed by atoms with Crippen LogP contribution in [-0.2, 0) is 0 Å². The van der Waals surface area contributed by atoms with Crippen LogP contribution in [0.4, 0.5) is 0 Å². The number of halogens is 1. The molecular formula is C17H14ClNO. The van der Waals surface area contributed by atoms with Crippen molar-refractivity contribution in [3.05, 3.63) is 69.9 Å². The summed E-state index contributed by atoms with van der Waals surface area (Å²) in [6.45, 7) is 3.84. The first-order valence-corrected chi connectivity index (χ1v) is 6.84. The summed E-state index contributed by atoms with van der Waals surface area (Å²) in [6, 6.07) is 13.2. The molecule has 0 unspecified atom stereocenters. The van der Waals surface area contributed by atoms with Gasteiger partial charge in [0.15, 0.2) is 5.78 Å². The number of ketones is 1. The van der Waals surface area contributed by atoms with Crippen molar-refractivity contribution >= 4 is 28.3 Å². The molecule has 20 heavy (non-hydrogen) atoms. The van der Waals surface area contributed by atoms with E-state index in [1.54, 1.807) is 12.1 Å². The molecule has 1 heterocycles. The van der Waals surface area contributed by atoms with Crippen molar-refractivity contribution < 1.29 is 4.79 Å². The molecule has 0 aliphatic rings. The summed E-state index contributed by atoms with van der Waals surface area (Å²) in [5, 5.41) is 1.61. The van der Waals surface area contributed by atoms with Gasteiger partial charge in [0.2, 0.25) is 0 Å². The van der Waals surface area contributed by atoms with Crippen molar-refractivity contribution in [2.75, 3.05) is 0 Å². The molecule has 1 aromatic heterocycles. The fraction of sp³-hybridized carbons (Fsp3) is 0.118. The van der Waals surface area contributed by atoms with E-state index in [2.05, 4.69) is 4.98 Å². The zero-order chi connectivity index (χ0) is 14.3. The van der Waals surface area contributed by atoms with Gasteiger partial charge in [0, 0.05) is 27.2 Å². The van der Waals surface area contributed by atoms with E-state index in [0.717, 1.165) is 27.7 Å². The summed E-state index contributed by atoms with van der Waals surface area (Å²) < 4.78 is 0. The number of rotatable bonds is 2. The number of hydrogen-bond acceptors (Lipinski definition) is 1. The molecule has 0 fully saturated rings. The zero-order valence-corrected chi connectivity index (χ0v) is 12.1. The molecule has 0 aliphatic carbocycles. The number of aryl methyl sites for hydroxylation is 2. The van der Waals surface area contributed by atoms with Crippen LogP contribution >= 0.6 is 11.6 Å². The molecule has 2 nitrogen and oxygen atoms in total. The van der Waals surface area contributed by atoms with Crippen molar-refractivity contribution in [2.45, 2.75) is 13.8 Å². The second-order valence-electron chi connectivity index (χ2n) is 4.96. The summed E-state index contributed by atoms with van der Waals surface area (Å²) in [5.41, 5.74) is 4.21. The van der Waals surface area contributed by atoms with Crippen LogP contribution in [0.3, 0.4) is 0 Å². The van der Waals surface area contributed by atoms with Gasteiger partial charge < -0.3 is 4.98 Å². The fourth-order valence-corrected chi connectivity index (χ4v) is 2.81. The largest absolute Gasteiger partial charge is 0.358 e. The van der Waals surface area contributed by atoms with E-state index in [0.29, 0.717) is 10.6 Å². The lowest BCUT2D eigenvalue weighted by Gasteiger charge is -2.06. The highest BCUT2D eigenvalue weighted by Crippen LogP contribution is 2.26. The molecule has 0 aliphatic heterocycles. The third-order valence-electron chi connectivity index (χ3n) is 3.55. The Morgan fingerprint density at radius 2 is 1.85 bits per heavy atom. The average molecular weight is 284 g/mol. The van der Waals surface area contributed by atoms with Gasteiger partial charge in [0.05, 0.1) is 5.56 Å². The highest BCUT2D eigenvalue weighted by molar-refractivity contribution is 6.31. The van der Waals surface area contributed by atoms with Gasteiger partial charge in [-0.15, -0.1) is 0 Å². The Kier molecular flexibility index (Phi) is 3.11. The van der Waals surface area contributed by atoms with E-state index in [1.807, 2.05) is 44.2 Å². The van der Waals surface area contributed by atoms with Crippen LogP contribution in [0.25, 0.3) is 10.9 Å². The van der Waals surface area contributed by atoms with Gasteiger partial charge in [-0.3, -0.25) is 4.79 Å². The maximum atomic E-state index is 12.8. The van der Waals surface area contributed by atoms with Crippen LogP contribution in [0.5, 0.6) is 0 Å². The van der Waals surface area contributed by atoms with Gasteiger partial charge in [0.25, 0.3) is 0 Å². The average Bonchev–Trinajstić information content (AvgIpc) is 2.73. The third kappa shape index (κ3) is 2.02. The second-order valence-corrected chi connectivity index (χ2v) is 5.40. The van der Waals surface area contributed by atoms with Crippen molar-refractivity contribution in [1.82, 2.24) is 4.98 Å². The molecule has 0 saturated carbocycles. The van der Waals surface area contributed by atoms with Gasteiger partial charge in [-0.25, -0.2) is 0 Å². The normalized spacial score (nSPS) is 10.9. The number of aromatic amines is 1. The standard InChI is InChI=1S/C17H14ClNO/c1-10-9-12(18)7-8-13(10)17(20)16-11(2)19-15-6-4-3-5-14(15)16/h3-9,19H,1-2H3. The van der Waals surface area contributed by atoms with E-state index in [4.69, 9.17) is 11.6 Å². The minimum Gasteiger partial charge on any atom is -0.358 e. The van der Waals surface area contributed by atoms with E-state index in [1.165, 1.54) is 0 Å². The van der Waals surface area contributed by atoms with Crippen LogP contribution < -0.4 is 0 Å². The van der Waals surface area contributed by atoms with E-state index in [-0.39, 0.29) is 5.78 Å². The summed E-state index contributed by atoms with van der Waals surface area (Å²) in [4.78, 5) is 16.1. The maximum absolute atomic E-state index is 12.8. The lowest BCUT2D eigenvalue weighted by molar-refractivity contribution is 0.103. The smallest absolute Gasteiger partial charge is 0.195 e. The van der Waals surface area contributed by atoms with Crippen molar-refractivity contribution in [2.24, 2.45) is 0 Å². The summed E-state index contributed by atoms with van der Waals surface area (Å²) in [7, 11) is 0. The van der Waals surface area contributed by atoms with Crippen LogP contribution in [0, 0.1) is 13.8 Å². The molecule has 2 aromatic carbocycles. The summed E-state index contributed by atoms with van der Waals surface area (Å²) in [5.74, 6) is 0.0362. The first-order chi connectivity index (χ1) is 9.58. The Morgan fingerprint density at radius 3 is 2.60 bits per heavy atom. The highest BCUT2D eigenvalue weighted by Gasteiger charge is 2.18. The van der Waals surface area contributed by atoms with Crippen LogP contribution in [0.15, 0.2) is 42.5 Å². The Labute approximate surface area is 122 Å². The number of fused-ring (bicyclic) bond motifs is 1. The van der Waals surface area contributed by atoms with Gasteiger partial charge in [-0.2, -0.15) is 0 Å². The number of hydrogen-bond donors (Lipinski definition) is 1. The molecule has 100 valence electrons. The Morgan fingerprint density at radius 1 is 1.10 bits per heavy atom. The molecule has 0 amide bonds. The number of benzene rings is 2. The van der Waals surface area contributed by atoms with Crippen LogP contribution in [0.2, 0.25) is 5.02 Å². The third-order valence-corrected chi connectivity index (χ3v) is 3.79. The number of nitrogens with one attached hydrogen (secondary N) is 1. The molecule has 0 saturated heterocycles.